The van der Waals surface area contributed by atoms with Gasteiger partial charge < -0.3 is 9.47 Å². The standard InChI is InChI=1S/C28H20Cl2O3/c1-17-11-13-25-21(15-17)27(19-7-3-5-9-23(19)29)32-26-14-12-18(2)16-22(26)28(31-25,33-27)20-8-4-6-10-24(20)30/h3-16H,1-2H3/t27-,28-/m1/s1. The number of hydrogen-bond acceptors (Lipinski definition) is 3. The second kappa shape index (κ2) is 7.26. The molecular weight excluding hydrogens is 455 g/mol. The Morgan fingerprint density at radius 2 is 0.970 bits per heavy atom. The van der Waals surface area contributed by atoms with Crippen LogP contribution in [-0.2, 0) is 16.3 Å². The Hall–Kier alpha value is -2.98. The molecule has 0 aliphatic carbocycles. The maximum Gasteiger partial charge on any atom is 0.273 e. The summed E-state index contributed by atoms with van der Waals surface area (Å²) in [6.07, 6.45) is 0. The predicted octanol–water partition coefficient (Wildman–Crippen LogP) is 7.51. The molecule has 0 saturated heterocycles. The average molecular weight is 475 g/mol. The van der Waals surface area contributed by atoms with E-state index in [1.807, 2.05) is 98.8 Å². The van der Waals surface area contributed by atoms with Crippen molar-refractivity contribution in [2.75, 3.05) is 0 Å². The smallest absolute Gasteiger partial charge is 0.273 e. The lowest BCUT2D eigenvalue weighted by Crippen LogP contribution is -2.56. The van der Waals surface area contributed by atoms with E-state index >= 15 is 0 Å². The molecule has 2 atom stereocenters. The number of aryl methyl sites for hydroxylation is 2. The van der Waals surface area contributed by atoms with Gasteiger partial charge in [-0.3, -0.25) is 4.74 Å². The molecule has 0 fully saturated rings. The van der Waals surface area contributed by atoms with Crippen molar-refractivity contribution in [1.82, 2.24) is 0 Å². The molecule has 5 heteroatoms. The highest BCUT2D eigenvalue weighted by Gasteiger charge is 2.61. The Morgan fingerprint density at radius 3 is 1.39 bits per heavy atom. The summed E-state index contributed by atoms with van der Waals surface area (Å²) in [6, 6.07) is 27.1. The van der Waals surface area contributed by atoms with Crippen molar-refractivity contribution in [1.29, 1.82) is 0 Å². The third-order valence-electron chi connectivity index (χ3n) is 6.23. The van der Waals surface area contributed by atoms with Crippen LogP contribution in [0.1, 0.15) is 33.4 Å². The Morgan fingerprint density at radius 1 is 0.545 bits per heavy atom. The van der Waals surface area contributed by atoms with E-state index in [2.05, 4.69) is 0 Å². The van der Waals surface area contributed by atoms with Gasteiger partial charge in [0.1, 0.15) is 11.5 Å². The van der Waals surface area contributed by atoms with Gasteiger partial charge in [0.15, 0.2) is 0 Å². The fourth-order valence-corrected chi connectivity index (χ4v) is 5.24. The van der Waals surface area contributed by atoms with Gasteiger partial charge in [-0.2, -0.15) is 0 Å². The third kappa shape index (κ3) is 2.93. The number of halogens is 2. The first kappa shape index (κ1) is 20.6. The Kier molecular flexibility index (Phi) is 4.54. The monoisotopic (exact) mass is 474 g/mol. The van der Waals surface area contributed by atoms with Crippen molar-refractivity contribution in [2.45, 2.75) is 25.4 Å². The van der Waals surface area contributed by atoms with E-state index in [1.165, 1.54) is 0 Å². The first-order valence-electron chi connectivity index (χ1n) is 10.7. The summed E-state index contributed by atoms with van der Waals surface area (Å²) in [5.41, 5.74) is 5.01. The minimum absolute atomic E-state index is 0.537. The SMILES string of the molecule is Cc1ccc2c(c1)[C@]1(c3ccccc3Cl)Oc3ccc(C)cc3[C@](c3ccccc3Cl)(O2)O1. The molecule has 0 saturated carbocycles. The lowest BCUT2D eigenvalue weighted by atomic mass is 9.86. The van der Waals surface area contributed by atoms with Crippen LogP contribution in [0.25, 0.3) is 0 Å². The molecule has 33 heavy (non-hydrogen) atoms. The quantitative estimate of drug-likeness (QED) is 0.300. The summed E-state index contributed by atoms with van der Waals surface area (Å²) in [6.45, 7) is 4.05. The minimum atomic E-state index is -1.33. The summed E-state index contributed by atoms with van der Waals surface area (Å²) in [5, 5.41) is 1.07. The predicted molar refractivity (Wildman–Crippen MR) is 129 cm³/mol. The Bertz CT molecular complexity index is 1310. The van der Waals surface area contributed by atoms with Crippen molar-refractivity contribution in [3.8, 4) is 11.5 Å². The highest BCUT2D eigenvalue weighted by Crippen LogP contribution is 2.59. The number of benzene rings is 4. The number of hydrogen-bond donors (Lipinski definition) is 0. The van der Waals surface area contributed by atoms with Crippen LogP contribution in [0.15, 0.2) is 84.9 Å². The summed E-state index contributed by atoms with van der Waals surface area (Å²) in [7, 11) is 0. The van der Waals surface area contributed by atoms with E-state index in [1.54, 1.807) is 0 Å². The van der Waals surface area contributed by atoms with Crippen LogP contribution in [0.2, 0.25) is 10.0 Å². The van der Waals surface area contributed by atoms with Gasteiger partial charge in [0, 0.05) is 11.1 Å². The molecule has 0 N–H and O–H groups in total. The maximum atomic E-state index is 6.98. The largest absolute Gasteiger partial charge is 0.453 e. The van der Waals surface area contributed by atoms with E-state index in [0.29, 0.717) is 32.7 Å². The van der Waals surface area contributed by atoms with Crippen molar-refractivity contribution < 1.29 is 14.2 Å². The zero-order chi connectivity index (χ0) is 22.8. The second-order valence-corrected chi connectivity index (χ2v) is 9.31. The van der Waals surface area contributed by atoms with E-state index < -0.39 is 11.6 Å². The van der Waals surface area contributed by atoms with Crippen LogP contribution >= 0.6 is 23.2 Å². The van der Waals surface area contributed by atoms with Gasteiger partial charge in [-0.25, -0.2) is 0 Å². The van der Waals surface area contributed by atoms with Crippen molar-refractivity contribution in [3.05, 3.63) is 128 Å². The summed E-state index contributed by atoms with van der Waals surface area (Å²) < 4.78 is 20.5. The van der Waals surface area contributed by atoms with Gasteiger partial charge in [-0.05, 0) is 50.2 Å². The molecule has 164 valence electrons. The van der Waals surface area contributed by atoms with Crippen LogP contribution in [0.5, 0.6) is 11.5 Å². The highest BCUT2D eigenvalue weighted by atomic mass is 35.5. The van der Waals surface area contributed by atoms with Crippen molar-refractivity contribution in [3.63, 3.8) is 0 Å². The van der Waals surface area contributed by atoms with Crippen LogP contribution in [-0.4, -0.2) is 0 Å². The first-order valence-corrected chi connectivity index (χ1v) is 11.5. The molecule has 4 aromatic rings. The number of ether oxygens (including phenoxy) is 3. The van der Waals surface area contributed by atoms with E-state index in [0.717, 1.165) is 22.3 Å². The van der Waals surface area contributed by atoms with Gasteiger partial charge in [0.05, 0.1) is 21.2 Å². The Labute approximate surface area is 202 Å². The molecule has 0 amide bonds. The normalized spacial score (nSPS) is 22.5. The first-order chi connectivity index (χ1) is 15.9. The van der Waals surface area contributed by atoms with Crippen LogP contribution in [0.3, 0.4) is 0 Å². The second-order valence-electron chi connectivity index (χ2n) is 8.50. The molecule has 2 aliphatic rings. The van der Waals surface area contributed by atoms with E-state index in [4.69, 9.17) is 37.4 Å². The summed E-state index contributed by atoms with van der Waals surface area (Å²) >= 11 is 13.5. The molecule has 6 rings (SSSR count). The molecular formula is C28H20Cl2O3. The molecule has 0 spiro atoms. The number of fused-ring (bicyclic) bond motifs is 6. The Balaban J connectivity index is 1.76. The van der Waals surface area contributed by atoms with Gasteiger partial charge in [-0.15, -0.1) is 0 Å². The number of rotatable bonds is 2. The van der Waals surface area contributed by atoms with Gasteiger partial charge in [0.25, 0.3) is 11.6 Å². The molecule has 3 nitrogen and oxygen atoms in total. The zero-order valence-electron chi connectivity index (χ0n) is 18.1. The minimum Gasteiger partial charge on any atom is -0.453 e. The fraction of sp³-hybridized carbons (Fsp3) is 0.143. The molecule has 2 bridgehead atoms. The molecule has 0 aromatic heterocycles. The third-order valence-corrected chi connectivity index (χ3v) is 6.89. The highest BCUT2D eigenvalue weighted by molar-refractivity contribution is 6.31. The molecule has 2 aliphatic heterocycles. The van der Waals surface area contributed by atoms with Crippen LogP contribution in [0.4, 0.5) is 0 Å². The van der Waals surface area contributed by atoms with E-state index in [9.17, 15) is 0 Å². The van der Waals surface area contributed by atoms with Gasteiger partial charge >= 0.3 is 0 Å². The molecule has 2 heterocycles. The fourth-order valence-electron chi connectivity index (χ4n) is 4.72. The molecule has 0 unspecified atom stereocenters. The van der Waals surface area contributed by atoms with Gasteiger partial charge in [0.2, 0.25) is 0 Å². The average Bonchev–Trinajstić information content (AvgIpc) is 2.81. The lowest BCUT2D eigenvalue weighted by Gasteiger charge is -2.52. The van der Waals surface area contributed by atoms with Gasteiger partial charge in [-0.1, -0.05) is 82.9 Å². The summed E-state index contributed by atoms with van der Waals surface area (Å²) in [4.78, 5) is 0. The van der Waals surface area contributed by atoms with Crippen molar-refractivity contribution >= 4 is 23.2 Å². The van der Waals surface area contributed by atoms with E-state index in [-0.39, 0.29) is 0 Å². The maximum absolute atomic E-state index is 6.98. The lowest BCUT2D eigenvalue weighted by molar-refractivity contribution is -0.322. The van der Waals surface area contributed by atoms with Crippen LogP contribution in [0, 0.1) is 13.8 Å². The topological polar surface area (TPSA) is 27.7 Å². The summed E-state index contributed by atoms with van der Waals surface area (Å²) in [5.74, 6) is -1.36. The molecule has 4 aromatic carbocycles. The molecule has 0 radical (unpaired) electrons. The van der Waals surface area contributed by atoms with Crippen molar-refractivity contribution in [2.24, 2.45) is 0 Å². The van der Waals surface area contributed by atoms with Crippen LogP contribution < -0.4 is 9.47 Å². The zero-order valence-corrected chi connectivity index (χ0v) is 19.6.